The van der Waals surface area contributed by atoms with Gasteiger partial charge in [-0.3, -0.25) is 39.1 Å². The minimum absolute atomic E-state index is 0.0274. The Hall–Kier alpha value is -5.75. The number of hydrogen-bond donors (Lipinski definition) is 3. The number of hydrogen-bond acceptors (Lipinski definition) is 13. The Bertz CT molecular complexity index is 2370. The van der Waals surface area contributed by atoms with E-state index in [0.717, 1.165) is 81.4 Å². The minimum atomic E-state index is -1.01. The summed E-state index contributed by atoms with van der Waals surface area (Å²) < 4.78 is 31.2. The molecule has 5 amide bonds. The highest BCUT2D eigenvalue weighted by atomic mass is 19.1. The molecule has 7 heterocycles. The number of halogens is 2. The van der Waals surface area contributed by atoms with Crippen LogP contribution in [0.2, 0.25) is 0 Å². The highest BCUT2D eigenvalue weighted by Gasteiger charge is 2.46. The second kappa shape index (κ2) is 18.5. The summed E-state index contributed by atoms with van der Waals surface area (Å²) in [5, 5.41) is 8.80. The summed E-state index contributed by atoms with van der Waals surface area (Å²) in [5.41, 5.74) is 1.24. The van der Waals surface area contributed by atoms with Crippen molar-refractivity contribution < 1.29 is 32.8 Å². The van der Waals surface area contributed by atoms with E-state index >= 15 is 8.78 Å². The van der Waals surface area contributed by atoms with Gasteiger partial charge in [-0.1, -0.05) is 19.9 Å². The van der Waals surface area contributed by atoms with E-state index in [2.05, 4.69) is 66.4 Å². The van der Waals surface area contributed by atoms with Crippen LogP contribution in [0.15, 0.2) is 42.7 Å². The van der Waals surface area contributed by atoms with Crippen LogP contribution in [0, 0.1) is 17.0 Å². The molecule has 0 aliphatic carbocycles. The van der Waals surface area contributed by atoms with Crippen LogP contribution in [0.25, 0.3) is 0 Å². The van der Waals surface area contributed by atoms with Crippen molar-refractivity contribution in [2.24, 2.45) is 5.41 Å². The first kappa shape index (κ1) is 45.4. The van der Waals surface area contributed by atoms with Gasteiger partial charge in [-0.25, -0.2) is 18.7 Å². The molecule has 18 heteroatoms. The largest absolute Gasteiger partial charge is 0.384 e. The Morgan fingerprint density at radius 1 is 0.818 bits per heavy atom. The molecule has 1 unspecified atom stereocenters. The van der Waals surface area contributed by atoms with Gasteiger partial charge in [-0.15, -0.1) is 0 Å². The summed E-state index contributed by atoms with van der Waals surface area (Å²) in [6.45, 7) is 11.3. The molecule has 6 aliphatic heterocycles. The number of fused-ring (bicyclic) bond motifs is 1. The van der Waals surface area contributed by atoms with Gasteiger partial charge in [-0.2, -0.15) is 0 Å². The summed E-state index contributed by atoms with van der Waals surface area (Å²) in [4.78, 5) is 85.0. The zero-order valence-corrected chi connectivity index (χ0v) is 38.2. The van der Waals surface area contributed by atoms with Gasteiger partial charge in [0, 0.05) is 81.7 Å². The first-order chi connectivity index (χ1) is 31.7. The number of amides is 5. The molecule has 3 N–H and O–H groups in total. The average molecular weight is 910 g/mol. The van der Waals surface area contributed by atoms with Crippen molar-refractivity contribution in [1.82, 2.24) is 35.3 Å². The molecule has 2 aromatic carbocycles. The Morgan fingerprint density at radius 2 is 1.53 bits per heavy atom. The highest BCUT2D eigenvalue weighted by molar-refractivity contribution is 6.25. The fourth-order valence-corrected chi connectivity index (χ4v) is 10.7. The zero-order valence-electron chi connectivity index (χ0n) is 38.2. The SMILES string of the molecule is CN(CCCNc1cccc2c1C(=O)N(C1CCC(=O)NC1=O)C2=O)C1CCN(c2cc(N3CCC4(CC3)CN(c3cc(F)c(CN5CCC(C)(C)CC5)cc3F)CC(=O)N4)ncn2)CC1. The van der Waals surface area contributed by atoms with E-state index in [0.29, 0.717) is 62.9 Å². The van der Waals surface area contributed by atoms with Crippen LogP contribution in [0.5, 0.6) is 0 Å². The smallest absolute Gasteiger partial charge is 0.264 e. The number of aromatic nitrogens is 2. The molecule has 0 saturated carbocycles. The number of piperazine rings is 1. The number of piperidine rings is 4. The molecular weight excluding hydrogens is 849 g/mol. The summed E-state index contributed by atoms with van der Waals surface area (Å²) in [5.74, 6) is -1.54. The normalized spacial score (nSPS) is 22.6. The van der Waals surface area contributed by atoms with Crippen LogP contribution in [0.1, 0.15) is 97.9 Å². The molecule has 1 atom stereocenters. The van der Waals surface area contributed by atoms with Crippen LogP contribution in [0.3, 0.4) is 0 Å². The number of carbonyl (C=O) groups excluding carboxylic acids is 5. The van der Waals surface area contributed by atoms with Crippen molar-refractivity contribution in [3.8, 4) is 0 Å². The topological polar surface area (TPSA) is 167 Å². The summed E-state index contributed by atoms with van der Waals surface area (Å²) in [6.07, 6.45) is 7.79. The monoisotopic (exact) mass is 909 g/mol. The Balaban J connectivity index is 0.736. The van der Waals surface area contributed by atoms with Gasteiger partial charge in [0.15, 0.2) is 0 Å². The van der Waals surface area contributed by atoms with Crippen LogP contribution >= 0.6 is 0 Å². The van der Waals surface area contributed by atoms with E-state index in [1.807, 2.05) is 6.07 Å². The van der Waals surface area contributed by atoms with Crippen molar-refractivity contribution in [2.45, 2.75) is 95.8 Å². The summed E-state index contributed by atoms with van der Waals surface area (Å²) in [6, 6.07) is 9.08. The van der Waals surface area contributed by atoms with Crippen molar-refractivity contribution in [1.29, 1.82) is 0 Å². The maximum atomic E-state index is 15.7. The van der Waals surface area contributed by atoms with Gasteiger partial charge in [-0.05, 0) is 102 Å². The standard InChI is InChI=1S/C48H61F2N11O5/c1-47(2)12-20-57(21-13-47)27-31-24-35(50)38(25-34(31)49)60-28-42(63)55-48(29-60)14-22-59(23-15-48)40-26-39(52-30-53-40)58-18-10-32(11-19-58)56(3)17-5-16-51-36-7-4-6-33-43(36)46(66)61(45(33)65)37-8-9-41(62)54-44(37)64/h4,6-7,24-26,30,32,37,51H,5,8-23,27-29H2,1-3H3,(H,55,63)(H,54,62,64). The average Bonchev–Trinajstić information content (AvgIpc) is 3.55. The van der Waals surface area contributed by atoms with Gasteiger partial charge in [0.25, 0.3) is 11.8 Å². The third-order valence-electron chi connectivity index (χ3n) is 14.9. The maximum absolute atomic E-state index is 15.7. The lowest BCUT2D eigenvalue weighted by Crippen LogP contribution is -2.66. The number of anilines is 4. The van der Waals surface area contributed by atoms with Crippen molar-refractivity contribution in [2.75, 3.05) is 92.5 Å². The molecule has 0 radical (unpaired) electrons. The second-order valence-corrected chi connectivity index (χ2v) is 19.9. The van der Waals surface area contributed by atoms with Gasteiger partial charge in [0.1, 0.15) is 35.6 Å². The molecule has 1 spiro atoms. The number of nitrogens with zero attached hydrogens (tertiary/aromatic N) is 8. The molecule has 6 aliphatic rings. The molecule has 16 nitrogen and oxygen atoms in total. The fraction of sp³-hybridized carbons (Fsp3) is 0.562. The molecule has 1 aromatic heterocycles. The third-order valence-corrected chi connectivity index (χ3v) is 14.9. The Morgan fingerprint density at radius 3 is 2.24 bits per heavy atom. The number of rotatable bonds is 12. The van der Waals surface area contributed by atoms with Crippen molar-refractivity contribution in [3.63, 3.8) is 0 Å². The van der Waals surface area contributed by atoms with E-state index in [1.54, 1.807) is 29.4 Å². The lowest BCUT2D eigenvalue weighted by Gasteiger charge is -2.48. The number of benzene rings is 2. The molecule has 66 heavy (non-hydrogen) atoms. The van der Waals surface area contributed by atoms with Gasteiger partial charge < -0.3 is 30.2 Å². The lowest BCUT2D eigenvalue weighted by atomic mass is 9.82. The number of carbonyl (C=O) groups is 5. The first-order valence-corrected chi connectivity index (χ1v) is 23.5. The van der Waals surface area contributed by atoms with Gasteiger partial charge in [0.05, 0.1) is 28.9 Å². The lowest BCUT2D eigenvalue weighted by molar-refractivity contribution is -0.136. The van der Waals surface area contributed by atoms with E-state index in [1.165, 1.54) is 12.1 Å². The van der Waals surface area contributed by atoms with E-state index < -0.39 is 46.8 Å². The maximum Gasteiger partial charge on any atom is 0.264 e. The van der Waals surface area contributed by atoms with Crippen LogP contribution < -0.4 is 30.7 Å². The molecular formula is C48H61F2N11O5. The van der Waals surface area contributed by atoms with Gasteiger partial charge >= 0.3 is 0 Å². The predicted molar refractivity (Wildman–Crippen MR) is 245 cm³/mol. The van der Waals surface area contributed by atoms with Gasteiger partial charge in [0.2, 0.25) is 17.7 Å². The minimum Gasteiger partial charge on any atom is -0.384 e. The van der Waals surface area contributed by atoms with E-state index in [9.17, 15) is 24.0 Å². The number of likely N-dealkylation sites (tertiary alicyclic amines) is 1. The van der Waals surface area contributed by atoms with E-state index in [4.69, 9.17) is 0 Å². The molecule has 3 aromatic rings. The zero-order chi connectivity index (χ0) is 46.3. The second-order valence-electron chi connectivity index (χ2n) is 19.9. The predicted octanol–water partition coefficient (Wildman–Crippen LogP) is 4.16. The van der Waals surface area contributed by atoms with Crippen LogP contribution in [0.4, 0.5) is 31.8 Å². The third kappa shape index (κ3) is 9.44. The molecule has 0 bridgehead atoms. The molecule has 9 rings (SSSR count). The Kier molecular flexibility index (Phi) is 12.7. The quantitative estimate of drug-likeness (QED) is 0.176. The van der Waals surface area contributed by atoms with E-state index in [-0.39, 0.29) is 47.5 Å². The molecule has 352 valence electrons. The van der Waals surface area contributed by atoms with Crippen LogP contribution in [-0.4, -0.2) is 144 Å². The summed E-state index contributed by atoms with van der Waals surface area (Å²) in [7, 11) is 2.13. The van der Waals surface area contributed by atoms with Crippen molar-refractivity contribution >= 4 is 52.5 Å². The van der Waals surface area contributed by atoms with Crippen LogP contribution in [-0.2, 0) is 20.9 Å². The van der Waals surface area contributed by atoms with Crippen molar-refractivity contribution in [3.05, 3.63) is 71.1 Å². The molecule has 5 fully saturated rings. The molecule has 5 saturated heterocycles. The number of nitrogens with one attached hydrogen (secondary N) is 3. The highest BCUT2D eigenvalue weighted by Crippen LogP contribution is 2.36. The number of imide groups is 2. The Labute approximate surface area is 384 Å². The summed E-state index contributed by atoms with van der Waals surface area (Å²) >= 11 is 0. The fourth-order valence-electron chi connectivity index (χ4n) is 10.7. The first-order valence-electron chi connectivity index (χ1n) is 23.5.